The molecule has 1 N–H and O–H groups in total. The summed E-state index contributed by atoms with van der Waals surface area (Å²) in [5.74, 6) is 0.971. The summed E-state index contributed by atoms with van der Waals surface area (Å²) in [4.78, 5) is 4.25. The molecular formula is C9H11BrN2. The zero-order valence-corrected chi connectivity index (χ0v) is 8.56. The van der Waals surface area contributed by atoms with Gasteiger partial charge in [-0.15, -0.1) is 0 Å². The van der Waals surface area contributed by atoms with Crippen LogP contribution in [0.4, 0.5) is 5.82 Å². The van der Waals surface area contributed by atoms with Crippen LogP contribution in [0, 0.1) is 0 Å². The molecule has 1 saturated carbocycles. The minimum absolute atomic E-state index is 0.320. The van der Waals surface area contributed by atoms with Gasteiger partial charge in [-0.1, -0.05) is 0 Å². The van der Waals surface area contributed by atoms with Crippen molar-refractivity contribution in [3.8, 4) is 0 Å². The van der Waals surface area contributed by atoms with Crippen molar-refractivity contribution in [3.63, 3.8) is 0 Å². The third-order valence-corrected chi connectivity index (χ3v) is 2.63. The Balaban J connectivity index is 2.08. The summed E-state index contributed by atoms with van der Waals surface area (Å²) in [5, 5.41) is 3.39. The lowest BCUT2D eigenvalue weighted by molar-refractivity contribution is 0.821. The van der Waals surface area contributed by atoms with E-state index in [9.17, 15) is 0 Å². The van der Waals surface area contributed by atoms with Crippen LogP contribution in [0.5, 0.6) is 0 Å². The van der Waals surface area contributed by atoms with Gasteiger partial charge < -0.3 is 5.32 Å². The topological polar surface area (TPSA) is 24.9 Å². The van der Waals surface area contributed by atoms with Gasteiger partial charge in [-0.2, -0.15) is 0 Å². The molecular weight excluding hydrogens is 216 g/mol. The molecule has 1 aliphatic rings. The van der Waals surface area contributed by atoms with Gasteiger partial charge in [0.25, 0.3) is 0 Å². The first-order chi connectivity index (χ1) is 5.68. The minimum Gasteiger partial charge on any atom is -0.365 e. The van der Waals surface area contributed by atoms with Crippen LogP contribution in [0.1, 0.15) is 19.8 Å². The molecule has 0 atom stereocenters. The molecule has 0 saturated heterocycles. The molecule has 0 aliphatic heterocycles. The Bertz CT molecular complexity index is 277. The van der Waals surface area contributed by atoms with Gasteiger partial charge in [-0.25, -0.2) is 4.98 Å². The van der Waals surface area contributed by atoms with E-state index in [-0.39, 0.29) is 0 Å². The Morgan fingerprint density at radius 1 is 1.50 bits per heavy atom. The molecule has 0 unspecified atom stereocenters. The highest BCUT2D eigenvalue weighted by Crippen LogP contribution is 2.37. The summed E-state index contributed by atoms with van der Waals surface area (Å²) in [6, 6.07) is 3.99. The molecule has 0 radical (unpaired) electrons. The Labute approximate surface area is 80.5 Å². The van der Waals surface area contributed by atoms with Crippen molar-refractivity contribution in [3.05, 3.63) is 22.8 Å². The second-order valence-corrected chi connectivity index (χ2v) is 4.46. The van der Waals surface area contributed by atoms with E-state index in [2.05, 4.69) is 33.2 Å². The van der Waals surface area contributed by atoms with Crippen molar-refractivity contribution >= 4 is 21.7 Å². The fraction of sp³-hybridized carbons (Fsp3) is 0.444. The number of rotatable bonds is 2. The first kappa shape index (κ1) is 8.05. The van der Waals surface area contributed by atoms with Crippen molar-refractivity contribution in [1.82, 2.24) is 4.98 Å². The van der Waals surface area contributed by atoms with Crippen LogP contribution in [-0.2, 0) is 0 Å². The smallest absolute Gasteiger partial charge is 0.126 e. The third-order valence-electron chi connectivity index (χ3n) is 2.16. The number of halogens is 1. The zero-order chi connectivity index (χ0) is 8.60. The number of nitrogens with zero attached hydrogens (tertiary/aromatic N) is 1. The van der Waals surface area contributed by atoms with Gasteiger partial charge in [0.2, 0.25) is 0 Å². The maximum Gasteiger partial charge on any atom is 0.126 e. The van der Waals surface area contributed by atoms with Gasteiger partial charge in [0.15, 0.2) is 0 Å². The van der Waals surface area contributed by atoms with Crippen molar-refractivity contribution in [2.45, 2.75) is 25.3 Å². The summed E-state index contributed by atoms with van der Waals surface area (Å²) in [6.45, 7) is 2.22. The quantitative estimate of drug-likeness (QED) is 0.840. The largest absolute Gasteiger partial charge is 0.365 e. The summed E-state index contributed by atoms with van der Waals surface area (Å²) < 4.78 is 1.02. The van der Waals surface area contributed by atoms with Crippen LogP contribution < -0.4 is 5.32 Å². The molecule has 0 amide bonds. The lowest BCUT2D eigenvalue weighted by atomic mass is 10.3. The van der Waals surface area contributed by atoms with E-state index in [1.54, 1.807) is 0 Å². The molecule has 2 rings (SSSR count). The van der Waals surface area contributed by atoms with Crippen LogP contribution in [0.15, 0.2) is 22.8 Å². The Morgan fingerprint density at radius 2 is 2.25 bits per heavy atom. The SMILES string of the molecule is CC1(Nc2ccc(Br)cn2)CC1. The maximum atomic E-state index is 4.25. The highest BCUT2D eigenvalue weighted by Gasteiger charge is 2.37. The van der Waals surface area contributed by atoms with Crippen LogP contribution in [0.3, 0.4) is 0 Å². The van der Waals surface area contributed by atoms with E-state index in [0.717, 1.165) is 10.3 Å². The van der Waals surface area contributed by atoms with Crippen molar-refractivity contribution < 1.29 is 0 Å². The number of hydrogen-bond donors (Lipinski definition) is 1. The Hall–Kier alpha value is -0.570. The minimum atomic E-state index is 0.320. The number of nitrogens with one attached hydrogen (secondary N) is 1. The van der Waals surface area contributed by atoms with E-state index in [1.165, 1.54) is 12.8 Å². The molecule has 0 aromatic carbocycles. The molecule has 3 heteroatoms. The Kier molecular flexibility index (Phi) is 1.83. The van der Waals surface area contributed by atoms with Crippen molar-refractivity contribution in [2.24, 2.45) is 0 Å². The molecule has 12 heavy (non-hydrogen) atoms. The second kappa shape index (κ2) is 2.73. The van der Waals surface area contributed by atoms with Crippen LogP contribution >= 0.6 is 15.9 Å². The number of aromatic nitrogens is 1. The first-order valence-corrected chi connectivity index (χ1v) is 4.87. The average Bonchev–Trinajstić information content (AvgIpc) is 2.74. The first-order valence-electron chi connectivity index (χ1n) is 4.08. The molecule has 1 aliphatic carbocycles. The van der Waals surface area contributed by atoms with E-state index in [4.69, 9.17) is 0 Å². The van der Waals surface area contributed by atoms with Crippen molar-refractivity contribution in [2.75, 3.05) is 5.32 Å². The van der Waals surface area contributed by atoms with Gasteiger partial charge in [0.1, 0.15) is 5.82 Å². The zero-order valence-electron chi connectivity index (χ0n) is 6.97. The highest BCUT2D eigenvalue weighted by molar-refractivity contribution is 9.10. The molecule has 1 aromatic rings. The van der Waals surface area contributed by atoms with Gasteiger partial charge in [0, 0.05) is 16.2 Å². The monoisotopic (exact) mass is 226 g/mol. The molecule has 0 bridgehead atoms. The third kappa shape index (κ3) is 1.78. The molecule has 2 nitrogen and oxygen atoms in total. The molecule has 1 fully saturated rings. The van der Waals surface area contributed by atoms with E-state index < -0.39 is 0 Å². The predicted molar refractivity (Wildman–Crippen MR) is 53.2 cm³/mol. The van der Waals surface area contributed by atoms with Crippen LogP contribution in [0.2, 0.25) is 0 Å². The van der Waals surface area contributed by atoms with Gasteiger partial charge in [0.05, 0.1) is 0 Å². The molecule has 1 aromatic heterocycles. The summed E-state index contributed by atoms with van der Waals surface area (Å²) in [7, 11) is 0. The average molecular weight is 227 g/mol. The number of hydrogen-bond acceptors (Lipinski definition) is 2. The van der Waals surface area contributed by atoms with Gasteiger partial charge >= 0.3 is 0 Å². The maximum absolute atomic E-state index is 4.25. The van der Waals surface area contributed by atoms with E-state index >= 15 is 0 Å². The normalized spacial score (nSPS) is 18.8. The van der Waals surface area contributed by atoms with E-state index in [1.807, 2.05) is 18.3 Å². The number of pyridine rings is 1. The fourth-order valence-corrected chi connectivity index (χ4v) is 1.31. The lowest BCUT2D eigenvalue weighted by Crippen LogP contribution is -2.16. The van der Waals surface area contributed by atoms with Crippen LogP contribution in [0.25, 0.3) is 0 Å². The van der Waals surface area contributed by atoms with Gasteiger partial charge in [-0.05, 0) is 47.8 Å². The predicted octanol–water partition coefficient (Wildman–Crippen LogP) is 2.81. The summed E-state index contributed by atoms with van der Waals surface area (Å²) in [5.41, 5.74) is 0.320. The standard InChI is InChI=1S/C9H11BrN2/c1-9(4-5-9)12-8-3-2-7(10)6-11-8/h2-3,6H,4-5H2,1H3,(H,11,12). The number of anilines is 1. The van der Waals surface area contributed by atoms with Crippen molar-refractivity contribution in [1.29, 1.82) is 0 Å². The lowest BCUT2D eigenvalue weighted by Gasteiger charge is -2.11. The fourth-order valence-electron chi connectivity index (χ4n) is 1.07. The van der Waals surface area contributed by atoms with Crippen LogP contribution in [-0.4, -0.2) is 10.5 Å². The summed E-state index contributed by atoms with van der Waals surface area (Å²) in [6.07, 6.45) is 4.32. The van der Waals surface area contributed by atoms with E-state index in [0.29, 0.717) is 5.54 Å². The molecule has 0 spiro atoms. The Morgan fingerprint density at radius 3 is 2.75 bits per heavy atom. The molecule has 1 heterocycles. The highest BCUT2D eigenvalue weighted by atomic mass is 79.9. The molecule has 64 valence electrons. The summed E-state index contributed by atoms with van der Waals surface area (Å²) >= 11 is 3.35. The van der Waals surface area contributed by atoms with Gasteiger partial charge in [-0.3, -0.25) is 0 Å². The second-order valence-electron chi connectivity index (χ2n) is 3.55.